The van der Waals surface area contributed by atoms with Gasteiger partial charge in [-0.05, 0) is 18.8 Å². The first-order chi connectivity index (χ1) is 10.1. The van der Waals surface area contributed by atoms with Crippen LogP contribution in [-0.4, -0.2) is 42.2 Å². The predicted molar refractivity (Wildman–Crippen MR) is 84.4 cm³/mol. The maximum atomic E-state index is 13.0. The number of hydrogen-bond donors (Lipinski definition) is 1. The van der Waals surface area contributed by atoms with Crippen molar-refractivity contribution in [2.45, 2.75) is 31.2 Å². The average Bonchev–Trinajstić information content (AvgIpc) is 3.06. The minimum Gasteiger partial charge on any atom is -0.371 e. The molecule has 0 saturated carbocycles. The Hall–Kier alpha value is -1.12. The molecule has 3 heterocycles. The van der Waals surface area contributed by atoms with Gasteiger partial charge in [0, 0.05) is 31.7 Å². The Morgan fingerprint density at radius 2 is 2.33 bits per heavy atom. The van der Waals surface area contributed by atoms with Crippen LogP contribution in [0.15, 0.2) is 16.6 Å². The van der Waals surface area contributed by atoms with E-state index in [0.717, 1.165) is 19.3 Å². The first-order valence-electron chi connectivity index (χ1n) is 7.21. The lowest BCUT2D eigenvalue weighted by Crippen LogP contribution is -2.40. The van der Waals surface area contributed by atoms with Crippen molar-refractivity contribution in [3.05, 3.63) is 11.6 Å². The summed E-state index contributed by atoms with van der Waals surface area (Å²) in [4.78, 5) is 5.05. The maximum absolute atomic E-state index is 13.0. The zero-order chi connectivity index (χ0) is 15.0. The van der Waals surface area contributed by atoms with E-state index >= 15 is 0 Å². The van der Waals surface area contributed by atoms with E-state index in [9.17, 15) is 8.42 Å². The Kier molecular flexibility index (Phi) is 3.94. The van der Waals surface area contributed by atoms with Gasteiger partial charge in [-0.3, -0.25) is 4.40 Å². The third kappa shape index (κ3) is 2.45. The normalized spacial score (nSPS) is 21.0. The smallest absolute Gasteiger partial charge is 0.262 e. The Balaban J connectivity index is 2.05. The summed E-state index contributed by atoms with van der Waals surface area (Å²) < 4.78 is 29.3. The topological polar surface area (TPSA) is 66.7 Å². The minimum atomic E-state index is -3.52. The molecule has 2 aromatic rings. The van der Waals surface area contributed by atoms with E-state index in [-0.39, 0.29) is 5.03 Å². The molecule has 21 heavy (non-hydrogen) atoms. The van der Waals surface area contributed by atoms with E-state index in [1.165, 1.54) is 11.3 Å². The summed E-state index contributed by atoms with van der Waals surface area (Å²) in [7, 11) is -1.82. The van der Waals surface area contributed by atoms with Crippen molar-refractivity contribution in [2.24, 2.45) is 5.92 Å². The Morgan fingerprint density at radius 3 is 3.05 bits per heavy atom. The highest BCUT2D eigenvalue weighted by Crippen LogP contribution is 2.31. The molecule has 0 amide bonds. The lowest BCUT2D eigenvalue weighted by Gasteiger charge is -2.31. The number of nitrogens with zero attached hydrogens (tertiary/aromatic N) is 3. The number of piperidine rings is 1. The number of rotatable bonds is 4. The third-order valence-electron chi connectivity index (χ3n) is 4.10. The van der Waals surface area contributed by atoms with Gasteiger partial charge in [-0.15, -0.1) is 11.3 Å². The summed E-state index contributed by atoms with van der Waals surface area (Å²) >= 11 is 1.43. The van der Waals surface area contributed by atoms with Gasteiger partial charge in [0.05, 0.1) is 0 Å². The summed E-state index contributed by atoms with van der Waals surface area (Å²) in [6.45, 7) is 3.33. The van der Waals surface area contributed by atoms with Crippen LogP contribution in [-0.2, 0) is 10.0 Å². The maximum Gasteiger partial charge on any atom is 0.262 e. The van der Waals surface area contributed by atoms with Crippen LogP contribution in [0.5, 0.6) is 0 Å². The van der Waals surface area contributed by atoms with Crippen molar-refractivity contribution in [3.63, 3.8) is 0 Å². The molecule has 2 aromatic heterocycles. The molecule has 8 heteroatoms. The Labute approximate surface area is 128 Å². The van der Waals surface area contributed by atoms with E-state index in [0.29, 0.717) is 29.8 Å². The van der Waals surface area contributed by atoms with Crippen LogP contribution in [0.4, 0.5) is 5.82 Å². The van der Waals surface area contributed by atoms with Gasteiger partial charge in [0.2, 0.25) is 0 Å². The van der Waals surface area contributed by atoms with Crippen molar-refractivity contribution >= 4 is 32.1 Å². The zero-order valence-corrected chi connectivity index (χ0v) is 13.9. The lowest BCUT2D eigenvalue weighted by atomic mass is 9.97. The van der Waals surface area contributed by atoms with Gasteiger partial charge in [0.15, 0.2) is 15.8 Å². The van der Waals surface area contributed by atoms with Gasteiger partial charge in [-0.1, -0.05) is 13.3 Å². The molecule has 6 nitrogen and oxygen atoms in total. The third-order valence-corrected chi connectivity index (χ3v) is 6.75. The van der Waals surface area contributed by atoms with Crippen molar-refractivity contribution < 1.29 is 8.42 Å². The van der Waals surface area contributed by atoms with Crippen molar-refractivity contribution in [2.75, 3.05) is 25.5 Å². The van der Waals surface area contributed by atoms with Crippen LogP contribution in [0.3, 0.4) is 0 Å². The molecular weight excluding hydrogens is 308 g/mol. The second kappa shape index (κ2) is 5.58. The van der Waals surface area contributed by atoms with Crippen LogP contribution < -0.4 is 5.32 Å². The summed E-state index contributed by atoms with van der Waals surface area (Å²) in [6.07, 6.45) is 4.83. The first-order valence-corrected chi connectivity index (χ1v) is 9.53. The Bertz CT molecular complexity index is 735. The second-order valence-electron chi connectivity index (χ2n) is 5.35. The number of nitrogens with one attached hydrogen (secondary N) is 1. The molecule has 1 aliphatic heterocycles. The number of aromatic nitrogens is 2. The number of sulfonamides is 1. The fourth-order valence-electron chi connectivity index (χ4n) is 2.88. The summed E-state index contributed by atoms with van der Waals surface area (Å²) in [5, 5.41) is 5.03. The lowest BCUT2D eigenvalue weighted by molar-refractivity contribution is 0.261. The molecule has 1 aliphatic rings. The molecule has 1 unspecified atom stereocenters. The number of thiazole rings is 1. The van der Waals surface area contributed by atoms with Gasteiger partial charge in [0.1, 0.15) is 0 Å². The molecule has 1 atom stereocenters. The molecule has 3 rings (SSSR count). The minimum absolute atomic E-state index is 0.262. The summed E-state index contributed by atoms with van der Waals surface area (Å²) in [6, 6.07) is 0. The highest BCUT2D eigenvalue weighted by molar-refractivity contribution is 7.89. The Morgan fingerprint density at radius 1 is 1.52 bits per heavy atom. The molecule has 0 aliphatic carbocycles. The molecule has 0 radical (unpaired) electrons. The van der Waals surface area contributed by atoms with Gasteiger partial charge in [-0.2, -0.15) is 4.31 Å². The number of hydrogen-bond acceptors (Lipinski definition) is 5. The summed E-state index contributed by atoms with van der Waals surface area (Å²) in [5.74, 6) is 0.887. The monoisotopic (exact) mass is 328 g/mol. The highest BCUT2D eigenvalue weighted by Gasteiger charge is 2.34. The van der Waals surface area contributed by atoms with Crippen LogP contribution in [0.2, 0.25) is 0 Å². The highest BCUT2D eigenvalue weighted by atomic mass is 32.2. The van der Waals surface area contributed by atoms with Crippen LogP contribution >= 0.6 is 11.3 Å². The quantitative estimate of drug-likeness (QED) is 0.935. The average molecular weight is 328 g/mol. The van der Waals surface area contributed by atoms with Gasteiger partial charge >= 0.3 is 0 Å². The SMILES string of the molecule is CCC1CCCN(S(=O)(=O)c2c(NC)nc3sccn23)C1. The summed E-state index contributed by atoms with van der Waals surface area (Å²) in [5.41, 5.74) is 0. The molecule has 1 saturated heterocycles. The van der Waals surface area contributed by atoms with Crippen LogP contribution in [0, 0.1) is 5.92 Å². The van der Waals surface area contributed by atoms with Gasteiger partial charge < -0.3 is 5.32 Å². The van der Waals surface area contributed by atoms with Gasteiger partial charge in [-0.25, -0.2) is 13.4 Å². The van der Waals surface area contributed by atoms with Crippen LogP contribution in [0.25, 0.3) is 4.96 Å². The number of imidazole rings is 1. The fraction of sp³-hybridized carbons (Fsp3) is 0.615. The van der Waals surface area contributed by atoms with E-state index in [1.807, 2.05) is 5.38 Å². The molecular formula is C13H20N4O2S2. The largest absolute Gasteiger partial charge is 0.371 e. The van der Waals surface area contributed by atoms with Gasteiger partial charge in [0.25, 0.3) is 10.0 Å². The molecule has 1 N–H and O–H groups in total. The van der Waals surface area contributed by atoms with Crippen LogP contribution in [0.1, 0.15) is 26.2 Å². The van der Waals surface area contributed by atoms with Crippen molar-refractivity contribution in [1.29, 1.82) is 0 Å². The van der Waals surface area contributed by atoms with Crippen molar-refractivity contribution in [3.8, 4) is 0 Å². The number of anilines is 1. The molecule has 0 bridgehead atoms. The molecule has 0 aromatic carbocycles. The fourth-order valence-corrected chi connectivity index (χ4v) is 5.46. The predicted octanol–water partition coefficient (Wildman–Crippen LogP) is 2.25. The molecule has 116 valence electrons. The second-order valence-corrected chi connectivity index (χ2v) is 8.08. The van der Waals surface area contributed by atoms with Crippen molar-refractivity contribution in [1.82, 2.24) is 13.7 Å². The van der Waals surface area contributed by atoms with E-state index in [4.69, 9.17) is 0 Å². The number of fused-ring (bicyclic) bond motifs is 1. The van der Waals surface area contributed by atoms with E-state index < -0.39 is 10.0 Å². The molecule has 0 spiro atoms. The van der Waals surface area contributed by atoms with E-state index in [2.05, 4.69) is 17.2 Å². The molecule has 1 fully saturated rings. The first kappa shape index (κ1) is 14.8. The van der Waals surface area contributed by atoms with E-state index in [1.54, 1.807) is 22.0 Å². The zero-order valence-electron chi connectivity index (χ0n) is 12.2. The standard InChI is InChI=1S/C13H20N4O2S2/c1-3-10-5-4-6-16(9-10)21(18,19)12-11(14-2)15-13-17(12)7-8-20-13/h7-8,10,14H,3-6,9H2,1-2H3.